The predicted octanol–water partition coefficient (Wildman–Crippen LogP) is 4.36. The largest absolute Gasteiger partial charge is 0.416 e. The third-order valence-corrected chi connectivity index (χ3v) is 5.72. The summed E-state index contributed by atoms with van der Waals surface area (Å²) in [5, 5.41) is 14.9. The van der Waals surface area contributed by atoms with Gasteiger partial charge in [0, 0.05) is 35.2 Å². The van der Waals surface area contributed by atoms with Gasteiger partial charge in [0.15, 0.2) is 0 Å². The lowest BCUT2D eigenvalue weighted by atomic mass is 10.0. The Morgan fingerprint density at radius 1 is 1.03 bits per heavy atom. The Labute approximate surface area is 222 Å². The summed E-state index contributed by atoms with van der Waals surface area (Å²) >= 11 is 0. The Balaban J connectivity index is 1.67. The number of rotatable bonds is 8. The summed E-state index contributed by atoms with van der Waals surface area (Å²) in [6.45, 7) is 5.16. The number of nitrogens with zero attached hydrogens (tertiary/aromatic N) is 6. The Bertz CT molecular complexity index is 1420. The van der Waals surface area contributed by atoms with Crippen LogP contribution in [0.5, 0.6) is 0 Å². The molecule has 0 aliphatic carbocycles. The maximum absolute atomic E-state index is 13.8. The van der Waals surface area contributed by atoms with Crippen molar-refractivity contribution in [2.75, 3.05) is 4.90 Å². The molecule has 2 aromatic carbocycles. The van der Waals surface area contributed by atoms with E-state index in [1.54, 1.807) is 30.5 Å². The number of carbonyl (C=O) groups is 2. The average molecular weight is 538 g/mol. The predicted molar refractivity (Wildman–Crippen MR) is 137 cm³/mol. The van der Waals surface area contributed by atoms with Gasteiger partial charge in [-0.25, -0.2) is 0 Å². The van der Waals surface area contributed by atoms with Crippen molar-refractivity contribution >= 4 is 17.5 Å². The van der Waals surface area contributed by atoms with Crippen molar-refractivity contribution in [2.45, 2.75) is 45.6 Å². The van der Waals surface area contributed by atoms with Gasteiger partial charge in [0.25, 0.3) is 5.91 Å². The number of benzene rings is 2. The van der Waals surface area contributed by atoms with Gasteiger partial charge in [0.2, 0.25) is 11.7 Å². The Kier molecular flexibility index (Phi) is 8.03. The zero-order valence-corrected chi connectivity index (χ0v) is 21.4. The van der Waals surface area contributed by atoms with Crippen LogP contribution in [-0.2, 0) is 22.3 Å². The van der Waals surface area contributed by atoms with Crippen LogP contribution in [0.25, 0.3) is 11.4 Å². The smallest absolute Gasteiger partial charge is 0.352 e. The minimum Gasteiger partial charge on any atom is -0.352 e. The molecule has 0 saturated carbocycles. The van der Waals surface area contributed by atoms with Crippen molar-refractivity contribution in [3.05, 3.63) is 89.7 Å². The molecule has 4 aromatic rings. The number of nitrogens with one attached hydrogen (secondary N) is 1. The topological polar surface area (TPSA) is 106 Å². The van der Waals surface area contributed by atoms with Gasteiger partial charge in [-0.3, -0.25) is 19.5 Å². The van der Waals surface area contributed by atoms with Crippen LogP contribution in [0.3, 0.4) is 0 Å². The molecule has 0 saturated heterocycles. The van der Waals surface area contributed by atoms with Gasteiger partial charge in [-0.1, -0.05) is 35.9 Å². The van der Waals surface area contributed by atoms with E-state index in [-0.39, 0.29) is 18.4 Å². The number of halogens is 3. The second-order valence-electron chi connectivity index (χ2n) is 9.17. The van der Waals surface area contributed by atoms with Crippen LogP contribution < -0.4 is 10.2 Å². The molecular weight excluding hydrogens is 511 g/mol. The molecule has 2 aromatic heterocycles. The highest BCUT2D eigenvalue weighted by Gasteiger charge is 2.34. The number of hydrogen-bond acceptors (Lipinski definition) is 6. The first-order valence-electron chi connectivity index (χ1n) is 12.1. The van der Waals surface area contributed by atoms with Crippen LogP contribution in [0.2, 0.25) is 0 Å². The van der Waals surface area contributed by atoms with Gasteiger partial charge >= 0.3 is 6.18 Å². The zero-order chi connectivity index (χ0) is 28.2. The molecule has 12 heteroatoms. The number of alkyl halides is 3. The number of tetrazole rings is 1. The second-order valence-corrected chi connectivity index (χ2v) is 9.17. The summed E-state index contributed by atoms with van der Waals surface area (Å²) in [5.41, 5.74) is 1.45. The zero-order valence-electron chi connectivity index (χ0n) is 21.4. The van der Waals surface area contributed by atoms with Gasteiger partial charge < -0.3 is 5.32 Å². The number of pyridine rings is 1. The molecule has 2 heterocycles. The number of amides is 2. The minimum atomic E-state index is -4.47. The van der Waals surface area contributed by atoms with Crippen molar-refractivity contribution in [2.24, 2.45) is 0 Å². The standard InChI is InChI=1S/C27H26F3N7O2/c1-17(2)32-26(39)24(20-5-4-14-31-15-20)37(22-12-6-18(3)7-13-22)23(38)16-36-34-25(33-35-36)19-8-10-21(11-9-19)27(28,29)30/h4-15,17,24H,16H2,1-3H3,(H,32,39)/t24-/m1/s1. The second kappa shape index (κ2) is 11.4. The Morgan fingerprint density at radius 3 is 2.31 bits per heavy atom. The first-order chi connectivity index (χ1) is 18.5. The molecule has 0 radical (unpaired) electrons. The molecule has 4 rings (SSSR count). The van der Waals surface area contributed by atoms with Crippen molar-refractivity contribution in [1.29, 1.82) is 0 Å². The fourth-order valence-corrected chi connectivity index (χ4v) is 3.89. The van der Waals surface area contributed by atoms with Crippen molar-refractivity contribution in [3.63, 3.8) is 0 Å². The molecule has 39 heavy (non-hydrogen) atoms. The fourth-order valence-electron chi connectivity index (χ4n) is 3.89. The fraction of sp³-hybridized carbons (Fsp3) is 0.259. The first kappa shape index (κ1) is 27.4. The first-order valence-corrected chi connectivity index (χ1v) is 12.1. The molecule has 1 N–H and O–H groups in total. The quantitative estimate of drug-likeness (QED) is 0.358. The van der Waals surface area contributed by atoms with Crippen molar-refractivity contribution in [3.8, 4) is 11.4 Å². The number of hydrogen-bond donors (Lipinski definition) is 1. The van der Waals surface area contributed by atoms with Crippen molar-refractivity contribution in [1.82, 2.24) is 30.5 Å². The molecule has 0 aliphatic heterocycles. The highest BCUT2D eigenvalue weighted by atomic mass is 19.4. The van der Waals surface area contributed by atoms with Gasteiger partial charge in [-0.15, -0.1) is 10.2 Å². The Morgan fingerprint density at radius 2 is 1.72 bits per heavy atom. The van der Waals surface area contributed by atoms with Crippen LogP contribution in [-0.4, -0.2) is 43.0 Å². The van der Waals surface area contributed by atoms with E-state index in [4.69, 9.17) is 0 Å². The molecule has 1 atom stereocenters. The van der Waals surface area contributed by atoms with Crippen LogP contribution in [0.15, 0.2) is 73.1 Å². The van der Waals surface area contributed by atoms with Crippen LogP contribution in [0.1, 0.15) is 36.6 Å². The summed E-state index contributed by atoms with van der Waals surface area (Å²) in [5.74, 6) is -0.855. The summed E-state index contributed by atoms with van der Waals surface area (Å²) < 4.78 is 38.7. The number of carbonyl (C=O) groups excluding carboxylic acids is 2. The van der Waals surface area contributed by atoms with E-state index in [1.807, 2.05) is 32.9 Å². The van der Waals surface area contributed by atoms with E-state index < -0.39 is 29.6 Å². The van der Waals surface area contributed by atoms with Crippen molar-refractivity contribution < 1.29 is 22.8 Å². The molecule has 202 valence electrons. The molecule has 0 aliphatic rings. The summed E-state index contributed by atoms with van der Waals surface area (Å²) in [7, 11) is 0. The van der Waals surface area contributed by atoms with E-state index in [0.29, 0.717) is 16.8 Å². The van der Waals surface area contributed by atoms with Gasteiger partial charge in [-0.05, 0) is 56.3 Å². The van der Waals surface area contributed by atoms with E-state index >= 15 is 0 Å². The lowest BCUT2D eigenvalue weighted by molar-refractivity contribution is -0.137. The highest BCUT2D eigenvalue weighted by molar-refractivity contribution is 6.01. The van der Waals surface area contributed by atoms with Gasteiger partial charge in [0.1, 0.15) is 12.6 Å². The third-order valence-electron chi connectivity index (χ3n) is 5.72. The van der Waals surface area contributed by atoms with Crippen LogP contribution >= 0.6 is 0 Å². The molecule has 0 spiro atoms. The molecule has 0 bridgehead atoms. The molecule has 0 fully saturated rings. The molecular formula is C27H26F3N7O2. The molecule has 0 unspecified atom stereocenters. The van der Waals surface area contributed by atoms with Crippen LogP contribution in [0.4, 0.5) is 18.9 Å². The summed E-state index contributed by atoms with van der Waals surface area (Å²) in [6.07, 6.45) is -1.38. The maximum Gasteiger partial charge on any atom is 0.416 e. The number of aromatic nitrogens is 5. The third kappa shape index (κ3) is 6.64. The maximum atomic E-state index is 13.8. The normalized spacial score (nSPS) is 12.3. The summed E-state index contributed by atoms with van der Waals surface area (Å²) in [6, 6.07) is 13.6. The van der Waals surface area contributed by atoms with Crippen LogP contribution in [0, 0.1) is 6.92 Å². The molecule has 2 amide bonds. The minimum absolute atomic E-state index is 0.0553. The number of anilines is 1. The lowest BCUT2D eigenvalue weighted by Gasteiger charge is -2.31. The Hall–Kier alpha value is -4.61. The van der Waals surface area contributed by atoms with Gasteiger partial charge in [-0.2, -0.15) is 18.0 Å². The van der Waals surface area contributed by atoms with E-state index in [9.17, 15) is 22.8 Å². The monoisotopic (exact) mass is 537 g/mol. The lowest BCUT2D eigenvalue weighted by Crippen LogP contribution is -2.47. The van der Waals surface area contributed by atoms with E-state index in [1.165, 1.54) is 23.2 Å². The average Bonchev–Trinajstić information content (AvgIpc) is 3.36. The SMILES string of the molecule is Cc1ccc(N(C(=O)Cn2nnc(-c3ccc(C(F)(F)F)cc3)n2)[C@@H](C(=O)NC(C)C)c2cccnc2)cc1. The van der Waals surface area contributed by atoms with Gasteiger partial charge in [0.05, 0.1) is 5.56 Å². The highest BCUT2D eigenvalue weighted by Crippen LogP contribution is 2.31. The molecule has 9 nitrogen and oxygen atoms in total. The van der Waals surface area contributed by atoms with E-state index in [2.05, 4.69) is 25.7 Å². The van der Waals surface area contributed by atoms with E-state index in [0.717, 1.165) is 22.5 Å². The number of aryl methyl sites for hydroxylation is 1. The summed E-state index contributed by atoms with van der Waals surface area (Å²) in [4.78, 5) is 33.7.